The Balaban J connectivity index is 1.15. The number of halogens is 1. The number of urea groups is 1. The molecular formula is C23H31ClN8O4S. The molecule has 2 atom stereocenters. The summed E-state index contributed by atoms with van der Waals surface area (Å²) >= 11 is 6.57. The number of likely N-dealkylation sites (tertiary alicyclic amines) is 1. The van der Waals surface area contributed by atoms with Crippen molar-refractivity contribution >= 4 is 45.2 Å². The molecule has 0 aliphatic carbocycles. The fourth-order valence-corrected chi connectivity index (χ4v) is 6.17. The number of carbonyl (C=O) groups is 2. The maximum Gasteiger partial charge on any atom is 0.344 e. The first kappa shape index (κ1) is 25.6. The average Bonchev–Trinajstić information content (AvgIpc) is 3.54. The molecule has 4 heterocycles. The van der Waals surface area contributed by atoms with Crippen molar-refractivity contribution in [3.05, 3.63) is 41.0 Å². The largest absolute Gasteiger partial charge is 0.370 e. The average molecular weight is 551 g/mol. The minimum Gasteiger partial charge on any atom is -0.370 e. The molecule has 2 unspecified atom stereocenters. The molecule has 3 N–H and O–H groups in total. The molecule has 200 valence electrons. The minimum atomic E-state index is -3.46. The maximum absolute atomic E-state index is 12.8. The van der Waals surface area contributed by atoms with Crippen molar-refractivity contribution in [1.29, 1.82) is 0 Å². The van der Waals surface area contributed by atoms with Crippen LogP contribution in [0.5, 0.6) is 0 Å². The molecule has 3 saturated heterocycles. The van der Waals surface area contributed by atoms with E-state index in [2.05, 4.69) is 25.7 Å². The number of piperazine rings is 1. The number of nitrogens with two attached hydrogens (primary N) is 1. The maximum atomic E-state index is 12.8. The highest BCUT2D eigenvalue weighted by Gasteiger charge is 2.41. The van der Waals surface area contributed by atoms with E-state index in [0.717, 1.165) is 46.8 Å². The Kier molecular flexibility index (Phi) is 6.94. The molecule has 3 aliphatic heterocycles. The predicted molar refractivity (Wildman–Crippen MR) is 140 cm³/mol. The van der Waals surface area contributed by atoms with Crippen LogP contribution in [-0.2, 0) is 16.6 Å². The van der Waals surface area contributed by atoms with Crippen LogP contribution >= 0.6 is 11.6 Å². The summed E-state index contributed by atoms with van der Waals surface area (Å²) in [5.41, 5.74) is 7.62. The standard InChI is InChI=1S/C23H31ClN8O4S/c1-37(35,36)27-21-4-5-32(26-21)23(34)29-8-6-28(7-9-29)11-16-2-3-19(24)20(10-16)30-12-17-14-31(22(25)33)15-18(17)13-30/h2-5,10,17-18H,6-9,11-15H2,1H3,(H2,25,33)(H,26,27). The number of anilines is 2. The number of benzene rings is 1. The first-order valence-corrected chi connectivity index (χ1v) is 14.5. The Morgan fingerprint density at radius 1 is 1.05 bits per heavy atom. The van der Waals surface area contributed by atoms with Crippen molar-refractivity contribution in [3.63, 3.8) is 0 Å². The molecule has 1 aromatic heterocycles. The molecule has 3 amide bonds. The Hall–Kier alpha value is -3.03. The summed E-state index contributed by atoms with van der Waals surface area (Å²) in [5.74, 6) is 0.927. The van der Waals surface area contributed by atoms with Gasteiger partial charge in [-0.25, -0.2) is 18.0 Å². The quantitative estimate of drug-likeness (QED) is 0.569. The number of primary amides is 1. The number of aromatic nitrogens is 2. The third-order valence-corrected chi connectivity index (χ3v) is 8.17. The van der Waals surface area contributed by atoms with Crippen molar-refractivity contribution in [1.82, 2.24) is 24.5 Å². The van der Waals surface area contributed by atoms with E-state index in [-0.39, 0.29) is 17.9 Å². The summed E-state index contributed by atoms with van der Waals surface area (Å²) in [5, 5.41) is 4.74. The number of hydrogen-bond acceptors (Lipinski definition) is 7. The van der Waals surface area contributed by atoms with E-state index in [4.69, 9.17) is 17.3 Å². The molecule has 5 rings (SSSR count). The Morgan fingerprint density at radius 3 is 2.35 bits per heavy atom. The molecule has 12 nitrogen and oxygen atoms in total. The number of sulfonamides is 1. The summed E-state index contributed by atoms with van der Waals surface area (Å²) in [6.45, 7) is 6.34. The molecule has 3 fully saturated rings. The summed E-state index contributed by atoms with van der Waals surface area (Å²) in [7, 11) is -3.46. The van der Waals surface area contributed by atoms with Crippen LogP contribution in [-0.4, -0.2) is 104 Å². The molecule has 0 bridgehead atoms. The highest BCUT2D eigenvalue weighted by Crippen LogP contribution is 2.37. The van der Waals surface area contributed by atoms with Gasteiger partial charge < -0.3 is 20.4 Å². The molecule has 0 spiro atoms. The lowest BCUT2D eigenvalue weighted by Crippen LogP contribution is -2.49. The zero-order valence-electron chi connectivity index (χ0n) is 20.6. The van der Waals surface area contributed by atoms with Crippen LogP contribution in [0.3, 0.4) is 0 Å². The van der Waals surface area contributed by atoms with Crippen molar-refractivity contribution in [2.24, 2.45) is 17.6 Å². The van der Waals surface area contributed by atoms with Crippen LogP contribution in [0.15, 0.2) is 30.5 Å². The summed E-state index contributed by atoms with van der Waals surface area (Å²) in [4.78, 5) is 32.3. The van der Waals surface area contributed by atoms with Crippen molar-refractivity contribution in [2.75, 3.05) is 68.2 Å². The molecule has 37 heavy (non-hydrogen) atoms. The van der Waals surface area contributed by atoms with Crippen molar-refractivity contribution in [3.8, 4) is 0 Å². The monoisotopic (exact) mass is 550 g/mol. The molecular weight excluding hydrogens is 520 g/mol. The van der Waals surface area contributed by atoms with Gasteiger partial charge in [-0.1, -0.05) is 17.7 Å². The van der Waals surface area contributed by atoms with Gasteiger partial charge in [-0.05, 0) is 17.7 Å². The lowest BCUT2D eigenvalue weighted by atomic mass is 10.0. The van der Waals surface area contributed by atoms with Gasteiger partial charge in [0.05, 0.1) is 17.0 Å². The fraction of sp³-hybridized carbons (Fsp3) is 0.522. The zero-order valence-corrected chi connectivity index (χ0v) is 22.2. The van der Waals surface area contributed by atoms with Crippen LogP contribution in [0.4, 0.5) is 21.1 Å². The van der Waals surface area contributed by atoms with E-state index in [1.807, 2.05) is 12.1 Å². The lowest BCUT2D eigenvalue weighted by molar-refractivity contribution is 0.134. The molecule has 0 radical (unpaired) electrons. The molecule has 0 saturated carbocycles. The van der Waals surface area contributed by atoms with Gasteiger partial charge in [0, 0.05) is 83.0 Å². The second kappa shape index (κ2) is 10.0. The van der Waals surface area contributed by atoms with Crippen LogP contribution in [0, 0.1) is 11.8 Å². The van der Waals surface area contributed by atoms with Crippen LogP contribution in [0.25, 0.3) is 0 Å². The smallest absolute Gasteiger partial charge is 0.344 e. The second-order valence-corrected chi connectivity index (χ2v) is 12.2. The molecule has 2 aromatic rings. The van der Waals surface area contributed by atoms with E-state index in [1.165, 1.54) is 12.3 Å². The number of nitrogens with one attached hydrogen (secondary N) is 1. The van der Waals surface area contributed by atoms with E-state index in [9.17, 15) is 18.0 Å². The molecule has 1 aromatic carbocycles. The SMILES string of the molecule is CS(=O)(=O)Nc1ccn(C(=O)N2CCN(Cc3ccc(Cl)c(N4CC5CN(C(N)=O)CC5C4)c3)CC2)n1. The third-order valence-electron chi connectivity index (χ3n) is 7.27. The van der Waals surface area contributed by atoms with Gasteiger partial charge in [0.1, 0.15) is 0 Å². The van der Waals surface area contributed by atoms with Crippen LogP contribution in [0.1, 0.15) is 5.56 Å². The highest BCUT2D eigenvalue weighted by atomic mass is 35.5. The summed E-state index contributed by atoms with van der Waals surface area (Å²) in [6, 6.07) is 6.94. The van der Waals surface area contributed by atoms with E-state index < -0.39 is 10.0 Å². The first-order valence-electron chi connectivity index (χ1n) is 12.2. The van der Waals surface area contributed by atoms with Gasteiger partial charge in [0.2, 0.25) is 10.0 Å². The number of amides is 3. The topological polar surface area (TPSA) is 137 Å². The number of nitrogens with zero attached hydrogens (tertiary/aromatic N) is 6. The number of fused-ring (bicyclic) bond motifs is 1. The van der Waals surface area contributed by atoms with Gasteiger partial charge in [-0.15, -0.1) is 5.10 Å². The lowest BCUT2D eigenvalue weighted by Gasteiger charge is -2.34. The van der Waals surface area contributed by atoms with Gasteiger partial charge in [-0.3, -0.25) is 9.62 Å². The van der Waals surface area contributed by atoms with E-state index in [1.54, 1.807) is 9.80 Å². The Labute approximate surface area is 221 Å². The van der Waals surface area contributed by atoms with Crippen LogP contribution < -0.4 is 15.4 Å². The molecule has 14 heteroatoms. The van der Waals surface area contributed by atoms with Gasteiger partial charge in [0.25, 0.3) is 0 Å². The fourth-order valence-electron chi connectivity index (χ4n) is 5.44. The second-order valence-electron chi connectivity index (χ2n) is 10.0. The zero-order chi connectivity index (χ0) is 26.3. The normalized spacial score (nSPS) is 22.4. The van der Waals surface area contributed by atoms with Gasteiger partial charge >= 0.3 is 12.1 Å². The number of hydrogen-bond donors (Lipinski definition) is 2. The van der Waals surface area contributed by atoms with Gasteiger partial charge in [0.15, 0.2) is 5.82 Å². The summed E-state index contributed by atoms with van der Waals surface area (Å²) < 4.78 is 26.2. The van der Waals surface area contributed by atoms with Crippen LogP contribution in [0.2, 0.25) is 5.02 Å². The first-order chi connectivity index (χ1) is 17.6. The third kappa shape index (κ3) is 5.78. The van der Waals surface area contributed by atoms with E-state index >= 15 is 0 Å². The Bertz CT molecular complexity index is 1280. The van der Waals surface area contributed by atoms with Crippen molar-refractivity contribution in [2.45, 2.75) is 6.54 Å². The number of rotatable bonds is 5. The van der Waals surface area contributed by atoms with Crippen molar-refractivity contribution < 1.29 is 18.0 Å². The van der Waals surface area contributed by atoms with E-state index in [0.29, 0.717) is 51.1 Å². The molecule has 3 aliphatic rings. The predicted octanol–water partition coefficient (Wildman–Crippen LogP) is 1.14. The number of carbonyl (C=O) groups excluding carboxylic acids is 2. The van der Waals surface area contributed by atoms with Gasteiger partial charge in [-0.2, -0.15) is 4.68 Å². The summed E-state index contributed by atoms with van der Waals surface area (Å²) in [6.07, 6.45) is 2.49. The Morgan fingerprint density at radius 2 is 1.73 bits per heavy atom. The minimum absolute atomic E-state index is 0.111. The highest BCUT2D eigenvalue weighted by molar-refractivity contribution is 7.92.